The Morgan fingerprint density at radius 3 is 2.53 bits per heavy atom. The molecule has 0 aromatic carbocycles. The van der Waals surface area contributed by atoms with E-state index < -0.39 is 12.0 Å². The Balaban J connectivity index is 4.03. The third-order valence-corrected chi connectivity index (χ3v) is 2.02. The van der Waals surface area contributed by atoms with E-state index in [1.54, 1.807) is 0 Å². The maximum Gasteiger partial charge on any atom is 0.338 e. The molecule has 0 rings (SSSR count). The first-order valence-electron chi connectivity index (χ1n) is 5.38. The van der Waals surface area contributed by atoms with Crippen molar-refractivity contribution in [2.45, 2.75) is 25.3 Å². The summed E-state index contributed by atoms with van der Waals surface area (Å²) < 4.78 is 0. The van der Waals surface area contributed by atoms with E-state index in [1.807, 2.05) is 0 Å². The number of carboxylic acid groups (broad SMARTS) is 1. The molecule has 17 heavy (non-hydrogen) atoms. The van der Waals surface area contributed by atoms with Crippen LogP contribution in [0.4, 0.5) is 0 Å². The van der Waals surface area contributed by atoms with Gasteiger partial charge in [-0.05, 0) is 12.8 Å². The first-order chi connectivity index (χ1) is 7.97. The molecular formula is C9H20N5O3+. The van der Waals surface area contributed by atoms with Crippen LogP contribution in [0, 0.1) is 0 Å². The number of carbonyl (C=O) groups excluding carboxylic acids is 2. The van der Waals surface area contributed by atoms with Crippen molar-refractivity contribution in [1.29, 1.82) is 0 Å². The summed E-state index contributed by atoms with van der Waals surface area (Å²) in [5, 5.41) is 13.1. The molecule has 98 valence electrons. The molecule has 1 amide bonds. The van der Waals surface area contributed by atoms with Gasteiger partial charge in [0.05, 0.1) is 31.5 Å². The Hall–Kier alpha value is -1.83. The third-order valence-electron chi connectivity index (χ3n) is 2.02. The molecule has 0 unspecified atom stereocenters. The van der Waals surface area contributed by atoms with Crippen LogP contribution in [0.15, 0.2) is 0 Å². The van der Waals surface area contributed by atoms with Crippen LogP contribution in [-0.2, 0) is 9.59 Å². The smallest absolute Gasteiger partial charge is 0.338 e. The molecule has 0 fully saturated rings. The van der Waals surface area contributed by atoms with E-state index in [-0.39, 0.29) is 24.7 Å². The molecule has 0 aromatic heterocycles. The number of nitrogens with one attached hydrogen (secondary N) is 2. The molecule has 0 aliphatic rings. The molecule has 1 atom stereocenters. The molecule has 8 heteroatoms. The van der Waals surface area contributed by atoms with Crippen LogP contribution in [0.25, 0.3) is 0 Å². The second-order valence-corrected chi connectivity index (χ2v) is 3.57. The number of hydrogen-bond acceptors (Lipinski definition) is 3. The largest absolute Gasteiger partial charge is 0.548 e. The Morgan fingerprint density at radius 2 is 2.06 bits per heavy atom. The zero-order chi connectivity index (χ0) is 13.3. The van der Waals surface area contributed by atoms with E-state index in [0.29, 0.717) is 19.5 Å². The van der Waals surface area contributed by atoms with E-state index in [9.17, 15) is 14.7 Å². The summed E-state index contributed by atoms with van der Waals surface area (Å²) in [7, 11) is 0. The molecule has 0 heterocycles. The van der Waals surface area contributed by atoms with Gasteiger partial charge in [0.25, 0.3) is 0 Å². The van der Waals surface area contributed by atoms with E-state index in [0.717, 1.165) is 0 Å². The number of carboxylic acids is 1. The minimum Gasteiger partial charge on any atom is -0.548 e. The highest BCUT2D eigenvalue weighted by molar-refractivity contribution is 5.82. The number of guanidine groups is 1. The SMILES string of the molecule is NC(N)=[NH+]CCC[C@H](NC(=O)CC[NH3+])C(=O)[O-]. The van der Waals surface area contributed by atoms with Crippen LogP contribution in [0.2, 0.25) is 0 Å². The molecular weight excluding hydrogens is 226 g/mol. The third kappa shape index (κ3) is 8.03. The fourth-order valence-electron chi connectivity index (χ4n) is 1.21. The molecule has 8 nitrogen and oxygen atoms in total. The number of aliphatic carboxylic acids is 1. The summed E-state index contributed by atoms with van der Waals surface area (Å²) in [6.07, 6.45) is 0.957. The summed E-state index contributed by atoms with van der Waals surface area (Å²) in [5.41, 5.74) is 13.8. The van der Waals surface area contributed by atoms with Crippen LogP contribution in [-0.4, -0.2) is 37.0 Å². The molecule has 0 aromatic rings. The summed E-state index contributed by atoms with van der Waals surface area (Å²) in [6, 6.07) is -0.991. The maximum absolute atomic E-state index is 11.2. The van der Waals surface area contributed by atoms with Gasteiger partial charge in [-0.2, -0.15) is 0 Å². The molecule has 0 aliphatic heterocycles. The summed E-state index contributed by atoms with van der Waals surface area (Å²) in [6.45, 7) is 0.864. The van der Waals surface area contributed by atoms with E-state index >= 15 is 0 Å². The Labute approximate surface area is 99.2 Å². The van der Waals surface area contributed by atoms with E-state index in [1.165, 1.54) is 0 Å². The van der Waals surface area contributed by atoms with Gasteiger partial charge in [0.15, 0.2) is 0 Å². The summed E-state index contributed by atoms with van der Waals surface area (Å²) in [5.74, 6) is -1.56. The monoisotopic (exact) mass is 246 g/mol. The lowest BCUT2D eigenvalue weighted by Crippen LogP contribution is -2.78. The number of quaternary nitrogens is 1. The van der Waals surface area contributed by atoms with Gasteiger partial charge in [-0.1, -0.05) is 0 Å². The van der Waals surface area contributed by atoms with Gasteiger partial charge in [-0.25, -0.2) is 0 Å². The lowest BCUT2D eigenvalue weighted by Gasteiger charge is -2.18. The quantitative estimate of drug-likeness (QED) is 0.163. The lowest BCUT2D eigenvalue weighted by molar-refractivity contribution is -0.459. The second-order valence-electron chi connectivity index (χ2n) is 3.57. The van der Waals surface area contributed by atoms with Gasteiger partial charge in [0, 0.05) is 0 Å². The van der Waals surface area contributed by atoms with Gasteiger partial charge in [0.2, 0.25) is 5.91 Å². The Kier molecular flexibility index (Phi) is 7.44. The zero-order valence-corrected chi connectivity index (χ0v) is 9.70. The number of rotatable bonds is 8. The first-order valence-corrected chi connectivity index (χ1v) is 5.38. The van der Waals surface area contributed by atoms with Crippen LogP contribution in [0.5, 0.6) is 0 Å². The minimum absolute atomic E-state index is 0.0797. The van der Waals surface area contributed by atoms with Gasteiger partial charge < -0.3 is 21.0 Å². The van der Waals surface area contributed by atoms with Gasteiger partial charge in [-0.15, -0.1) is 0 Å². The van der Waals surface area contributed by atoms with Gasteiger partial charge in [-0.3, -0.25) is 21.3 Å². The predicted octanol–water partition coefficient (Wildman–Crippen LogP) is -6.01. The van der Waals surface area contributed by atoms with Gasteiger partial charge in [0.1, 0.15) is 0 Å². The molecule has 0 bridgehead atoms. The highest BCUT2D eigenvalue weighted by Crippen LogP contribution is 1.95. The van der Waals surface area contributed by atoms with Crippen molar-refractivity contribution < 1.29 is 25.4 Å². The first kappa shape index (κ1) is 15.2. The van der Waals surface area contributed by atoms with Crippen molar-refractivity contribution in [3.63, 3.8) is 0 Å². The fourth-order valence-corrected chi connectivity index (χ4v) is 1.21. The average molecular weight is 246 g/mol. The Morgan fingerprint density at radius 1 is 1.41 bits per heavy atom. The van der Waals surface area contributed by atoms with E-state index in [4.69, 9.17) is 11.5 Å². The Bertz CT molecular complexity index is 288. The van der Waals surface area contributed by atoms with Crippen molar-refractivity contribution >= 4 is 17.8 Å². The molecule has 0 saturated carbocycles. The normalized spacial score (nSPS) is 11.6. The van der Waals surface area contributed by atoms with Crippen LogP contribution in [0.3, 0.4) is 0 Å². The molecule has 0 saturated heterocycles. The van der Waals surface area contributed by atoms with Crippen molar-refractivity contribution in [3.05, 3.63) is 0 Å². The molecule has 0 radical (unpaired) electrons. The summed E-state index contributed by atoms with van der Waals surface area (Å²) >= 11 is 0. The number of amides is 1. The second kappa shape index (κ2) is 8.34. The van der Waals surface area contributed by atoms with Crippen molar-refractivity contribution in [2.24, 2.45) is 11.5 Å². The molecule has 9 N–H and O–H groups in total. The molecule has 0 aliphatic carbocycles. The van der Waals surface area contributed by atoms with E-state index in [2.05, 4.69) is 16.0 Å². The fraction of sp³-hybridized carbons (Fsp3) is 0.667. The highest BCUT2D eigenvalue weighted by atomic mass is 16.4. The van der Waals surface area contributed by atoms with Crippen LogP contribution >= 0.6 is 0 Å². The standard InChI is InChI=1S/C9H19N5O3/c10-4-3-7(15)14-6(8(16)17)2-1-5-13-9(11)12/h6H,1-5,10H2,(H,14,15)(H,16,17)(H4,11,12,13)/p+1/t6-/m0/s1. The topological polar surface area (TPSA) is 163 Å². The summed E-state index contributed by atoms with van der Waals surface area (Å²) in [4.78, 5) is 24.6. The van der Waals surface area contributed by atoms with Crippen molar-refractivity contribution in [3.8, 4) is 0 Å². The lowest BCUT2D eigenvalue weighted by atomic mass is 10.1. The zero-order valence-electron chi connectivity index (χ0n) is 9.70. The average Bonchev–Trinajstić information content (AvgIpc) is 2.22. The van der Waals surface area contributed by atoms with Crippen molar-refractivity contribution in [2.75, 3.05) is 13.1 Å². The number of nitrogens with two attached hydrogens (primary N) is 2. The molecule has 0 spiro atoms. The highest BCUT2D eigenvalue weighted by Gasteiger charge is 2.12. The number of carbonyl (C=O) groups is 2. The number of hydrogen-bond donors (Lipinski definition) is 5. The predicted molar refractivity (Wildman–Crippen MR) is 57.8 cm³/mol. The van der Waals surface area contributed by atoms with Crippen LogP contribution in [0.1, 0.15) is 19.3 Å². The maximum atomic E-state index is 11.2. The van der Waals surface area contributed by atoms with Gasteiger partial charge >= 0.3 is 5.96 Å². The minimum atomic E-state index is -1.30. The van der Waals surface area contributed by atoms with Crippen LogP contribution < -0.4 is 32.6 Å². The van der Waals surface area contributed by atoms with Crippen molar-refractivity contribution in [1.82, 2.24) is 5.32 Å².